The van der Waals surface area contributed by atoms with E-state index in [-0.39, 0.29) is 5.92 Å². The summed E-state index contributed by atoms with van der Waals surface area (Å²) in [6.07, 6.45) is 4.41. The van der Waals surface area contributed by atoms with Crippen molar-refractivity contribution in [2.24, 2.45) is 0 Å². The second-order valence-corrected chi connectivity index (χ2v) is 3.07. The fraction of sp³-hybridized carbons (Fsp3) is 0.273. The molecule has 0 radical (unpaired) electrons. The normalized spacial score (nSPS) is 21.4. The molecule has 1 aliphatic heterocycles. The summed E-state index contributed by atoms with van der Waals surface area (Å²) in [7, 11) is 0. The number of benzene rings is 1. The Labute approximate surface area is 77.2 Å². The largest absolute Gasteiger partial charge is 0.493 e. The summed E-state index contributed by atoms with van der Waals surface area (Å²) in [4.78, 5) is 0. The van der Waals surface area contributed by atoms with E-state index in [0.29, 0.717) is 6.61 Å². The Bertz CT molecular complexity index is 351. The highest BCUT2D eigenvalue weighted by atomic mass is 16.5. The van der Waals surface area contributed by atoms with Gasteiger partial charge in [-0.3, -0.25) is 0 Å². The first-order valence-electron chi connectivity index (χ1n) is 4.19. The minimum atomic E-state index is -0.747. The van der Waals surface area contributed by atoms with Gasteiger partial charge in [0.2, 0.25) is 0 Å². The Morgan fingerprint density at radius 1 is 1.54 bits per heavy atom. The van der Waals surface area contributed by atoms with Gasteiger partial charge in [-0.25, -0.2) is 0 Å². The Hall–Kier alpha value is -1.46. The van der Waals surface area contributed by atoms with E-state index in [0.717, 1.165) is 11.3 Å². The molecule has 0 amide bonds. The fourth-order valence-electron chi connectivity index (χ4n) is 1.57. The minimum absolute atomic E-state index is 0.0683. The summed E-state index contributed by atoms with van der Waals surface area (Å²) >= 11 is 0. The zero-order valence-electron chi connectivity index (χ0n) is 7.10. The Balaban J connectivity index is 2.34. The van der Waals surface area contributed by atoms with Crippen LogP contribution in [-0.4, -0.2) is 17.8 Å². The van der Waals surface area contributed by atoms with Gasteiger partial charge in [0.05, 0.1) is 12.5 Å². The number of ether oxygens (including phenoxy) is 1. The highest BCUT2D eigenvalue weighted by Gasteiger charge is 2.28. The average Bonchev–Trinajstić information content (AvgIpc) is 2.60. The van der Waals surface area contributed by atoms with Gasteiger partial charge in [0.1, 0.15) is 11.9 Å². The van der Waals surface area contributed by atoms with Crippen LogP contribution < -0.4 is 4.74 Å². The highest BCUT2D eigenvalue weighted by molar-refractivity contribution is 5.41. The molecule has 0 fully saturated rings. The number of hydrogen-bond donors (Lipinski definition) is 1. The van der Waals surface area contributed by atoms with Crippen molar-refractivity contribution < 1.29 is 9.84 Å². The summed E-state index contributed by atoms with van der Waals surface area (Å²) in [5.41, 5.74) is 1.01. The molecule has 0 bridgehead atoms. The van der Waals surface area contributed by atoms with E-state index < -0.39 is 6.10 Å². The predicted octanol–water partition coefficient (Wildman–Crippen LogP) is 1.16. The van der Waals surface area contributed by atoms with Gasteiger partial charge in [-0.05, 0) is 6.07 Å². The van der Waals surface area contributed by atoms with Crippen LogP contribution in [-0.2, 0) is 0 Å². The second kappa shape index (κ2) is 3.12. The molecule has 0 saturated heterocycles. The van der Waals surface area contributed by atoms with Crippen LogP contribution in [0, 0.1) is 12.3 Å². The average molecular weight is 174 g/mol. The van der Waals surface area contributed by atoms with E-state index in [2.05, 4.69) is 5.92 Å². The molecular weight excluding hydrogens is 164 g/mol. The smallest absolute Gasteiger partial charge is 0.124 e. The number of hydrogen-bond acceptors (Lipinski definition) is 2. The van der Waals surface area contributed by atoms with Crippen molar-refractivity contribution >= 4 is 0 Å². The first-order chi connectivity index (χ1) is 6.33. The van der Waals surface area contributed by atoms with Crippen molar-refractivity contribution in [1.82, 2.24) is 0 Å². The van der Waals surface area contributed by atoms with Crippen LogP contribution >= 0.6 is 0 Å². The quantitative estimate of drug-likeness (QED) is 0.647. The lowest BCUT2D eigenvalue weighted by Crippen LogP contribution is -2.17. The highest BCUT2D eigenvalue weighted by Crippen LogP contribution is 2.35. The molecule has 0 aliphatic carbocycles. The van der Waals surface area contributed by atoms with Crippen LogP contribution in [0.25, 0.3) is 0 Å². The fourth-order valence-corrected chi connectivity index (χ4v) is 1.57. The van der Waals surface area contributed by atoms with E-state index in [1.807, 2.05) is 24.3 Å². The van der Waals surface area contributed by atoms with Crippen LogP contribution in [0.3, 0.4) is 0 Å². The van der Waals surface area contributed by atoms with Crippen molar-refractivity contribution in [2.45, 2.75) is 12.0 Å². The minimum Gasteiger partial charge on any atom is -0.493 e. The van der Waals surface area contributed by atoms with Crippen LogP contribution in [0.15, 0.2) is 24.3 Å². The third-order valence-electron chi connectivity index (χ3n) is 2.29. The molecule has 2 heteroatoms. The van der Waals surface area contributed by atoms with Gasteiger partial charge in [-0.15, -0.1) is 6.42 Å². The molecule has 1 aliphatic rings. The Morgan fingerprint density at radius 2 is 2.31 bits per heavy atom. The molecule has 66 valence electrons. The van der Waals surface area contributed by atoms with Gasteiger partial charge < -0.3 is 9.84 Å². The zero-order valence-corrected chi connectivity index (χ0v) is 7.10. The molecule has 1 heterocycles. The summed E-state index contributed by atoms with van der Waals surface area (Å²) in [5.74, 6) is 3.09. The van der Waals surface area contributed by atoms with E-state index in [4.69, 9.17) is 11.2 Å². The molecule has 2 atom stereocenters. The molecule has 1 unspecified atom stereocenters. The van der Waals surface area contributed by atoms with E-state index in [1.165, 1.54) is 0 Å². The molecule has 2 rings (SSSR count). The lowest BCUT2D eigenvalue weighted by molar-refractivity contribution is 0.178. The first-order valence-corrected chi connectivity index (χ1v) is 4.19. The van der Waals surface area contributed by atoms with Gasteiger partial charge >= 0.3 is 0 Å². The molecule has 0 aromatic heterocycles. The van der Waals surface area contributed by atoms with Crippen LogP contribution in [0.2, 0.25) is 0 Å². The molecule has 0 saturated carbocycles. The van der Waals surface area contributed by atoms with Crippen molar-refractivity contribution in [3.63, 3.8) is 0 Å². The predicted molar refractivity (Wildman–Crippen MR) is 49.5 cm³/mol. The van der Waals surface area contributed by atoms with Crippen molar-refractivity contribution in [2.75, 3.05) is 6.61 Å². The van der Waals surface area contributed by atoms with Crippen molar-refractivity contribution in [1.29, 1.82) is 0 Å². The van der Waals surface area contributed by atoms with Gasteiger partial charge in [-0.1, -0.05) is 24.1 Å². The summed E-state index contributed by atoms with van der Waals surface area (Å²) in [6.45, 7) is 0.477. The first kappa shape index (κ1) is 8.15. The van der Waals surface area contributed by atoms with Gasteiger partial charge in [-0.2, -0.15) is 0 Å². The van der Waals surface area contributed by atoms with E-state index in [1.54, 1.807) is 0 Å². The van der Waals surface area contributed by atoms with Crippen LogP contribution in [0.4, 0.5) is 0 Å². The van der Waals surface area contributed by atoms with Crippen LogP contribution in [0.1, 0.15) is 11.5 Å². The van der Waals surface area contributed by atoms with Gasteiger partial charge in [0.15, 0.2) is 0 Å². The maximum atomic E-state index is 9.49. The van der Waals surface area contributed by atoms with Gasteiger partial charge in [0, 0.05) is 5.56 Å². The number of para-hydroxylation sites is 1. The summed E-state index contributed by atoms with van der Waals surface area (Å²) in [6, 6.07) is 7.65. The second-order valence-electron chi connectivity index (χ2n) is 3.07. The molecule has 13 heavy (non-hydrogen) atoms. The monoisotopic (exact) mass is 174 g/mol. The number of aliphatic hydroxyl groups excluding tert-OH is 1. The number of terminal acetylenes is 1. The SMILES string of the molecule is C#C[C@@H](O)C1COc2ccccc21. The van der Waals surface area contributed by atoms with E-state index >= 15 is 0 Å². The Morgan fingerprint density at radius 3 is 3.08 bits per heavy atom. The third-order valence-corrected chi connectivity index (χ3v) is 2.29. The lowest BCUT2D eigenvalue weighted by atomic mass is 9.96. The topological polar surface area (TPSA) is 29.5 Å². The van der Waals surface area contributed by atoms with E-state index in [9.17, 15) is 5.11 Å². The number of rotatable bonds is 1. The molecule has 2 nitrogen and oxygen atoms in total. The molecule has 1 aromatic carbocycles. The summed E-state index contributed by atoms with van der Waals surface area (Å²) in [5, 5.41) is 9.49. The molecular formula is C11H10O2. The standard InChI is InChI=1S/C11H10O2/c1-2-10(12)9-7-13-11-6-4-3-5-8(9)11/h1,3-6,9-10,12H,7H2/t9?,10-/m1/s1. The zero-order chi connectivity index (χ0) is 9.26. The number of aliphatic hydroxyl groups is 1. The summed E-state index contributed by atoms with van der Waals surface area (Å²) < 4.78 is 5.38. The molecule has 1 aromatic rings. The van der Waals surface area contributed by atoms with Gasteiger partial charge in [0.25, 0.3) is 0 Å². The Kier molecular flexibility index (Phi) is 1.96. The van der Waals surface area contributed by atoms with Crippen molar-refractivity contribution in [3.8, 4) is 18.1 Å². The molecule has 1 N–H and O–H groups in total. The lowest BCUT2D eigenvalue weighted by Gasteiger charge is -2.10. The van der Waals surface area contributed by atoms with Crippen molar-refractivity contribution in [3.05, 3.63) is 29.8 Å². The van der Waals surface area contributed by atoms with Crippen LogP contribution in [0.5, 0.6) is 5.75 Å². The third kappa shape index (κ3) is 1.28. The number of fused-ring (bicyclic) bond motifs is 1. The molecule has 0 spiro atoms. The maximum absolute atomic E-state index is 9.49. The maximum Gasteiger partial charge on any atom is 0.124 e.